The van der Waals surface area contributed by atoms with Crippen molar-refractivity contribution in [1.29, 1.82) is 0 Å². The SMILES string of the molecule is NC1(c2ccc(C3(CBr)OCCO3)cc2)CC1. The van der Waals surface area contributed by atoms with Crippen LogP contribution in [0.4, 0.5) is 0 Å². The van der Waals surface area contributed by atoms with Gasteiger partial charge in [-0.15, -0.1) is 0 Å². The smallest absolute Gasteiger partial charge is 0.204 e. The minimum absolute atomic E-state index is 0.0719. The van der Waals surface area contributed by atoms with Gasteiger partial charge in [0, 0.05) is 11.1 Å². The highest BCUT2D eigenvalue weighted by molar-refractivity contribution is 9.09. The summed E-state index contributed by atoms with van der Waals surface area (Å²) in [5.74, 6) is -0.607. The molecule has 0 amide bonds. The van der Waals surface area contributed by atoms with Crippen LogP contribution in [0.25, 0.3) is 0 Å². The molecule has 3 rings (SSSR count). The van der Waals surface area contributed by atoms with Crippen LogP contribution in [-0.2, 0) is 20.8 Å². The zero-order chi connectivity index (χ0) is 11.9. The molecule has 1 saturated heterocycles. The molecule has 1 aromatic carbocycles. The number of hydrogen-bond acceptors (Lipinski definition) is 3. The average Bonchev–Trinajstić information content (AvgIpc) is 2.96. The van der Waals surface area contributed by atoms with E-state index in [0.29, 0.717) is 18.5 Å². The highest BCUT2D eigenvalue weighted by atomic mass is 79.9. The Balaban J connectivity index is 1.88. The number of benzene rings is 1. The van der Waals surface area contributed by atoms with Gasteiger partial charge in [-0.05, 0) is 18.4 Å². The molecule has 4 heteroatoms. The lowest BCUT2D eigenvalue weighted by Crippen LogP contribution is -2.29. The maximum Gasteiger partial charge on any atom is 0.204 e. The molecule has 0 bridgehead atoms. The lowest BCUT2D eigenvalue weighted by atomic mass is 10.0. The van der Waals surface area contributed by atoms with E-state index in [0.717, 1.165) is 18.4 Å². The summed E-state index contributed by atoms with van der Waals surface area (Å²) < 4.78 is 11.4. The van der Waals surface area contributed by atoms with Gasteiger partial charge in [-0.1, -0.05) is 40.2 Å². The summed E-state index contributed by atoms with van der Waals surface area (Å²) >= 11 is 3.47. The second kappa shape index (κ2) is 4.05. The molecular formula is C13H16BrNO2. The Morgan fingerprint density at radius 3 is 2.06 bits per heavy atom. The van der Waals surface area contributed by atoms with Crippen molar-refractivity contribution in [3.8, 4) is 0 Å². The van der Waals surface area contributed by atoms with Gasteiger partial charge in [0.05, 0.1) is 18.5 Å². The van der Waals surface area contributed by atoms with E-state index < -0.39 is 5.79 Å². The largest absolute Gasteiger partial charge is 0.343 e. The predicted octanol–water partition coefficient (Wildman–Crippen LogP) is 2.23. The lowest BCUT2D eigenvalue weighted by molar-refractivity contribution is -0.144. The molecule has 2 aliphatic rings. The Kier molecular flexibility index (Phi) is 2.78. The van der Waals surface area contributed by atoms with Crippen molar-refractivity contribution in [3.63, 3.8) is 0 Å². The molecule has 1 saturated carbocycles. The second-order valence-electron chi connectivity index (χ2n) is 4.82. The molecule has 2 N–H and O–H groups in total. The second-order valence-corrected chi connectivity index (χ2v) is 5.38. The van der Waals surface area contributed by atoms with Crippen LogP contribution in [0.15, 0.2) is 24.3 Å². The van der Waals surface area contributed by atoms with Crippen molar-refractivity contribution in [1.82, 2.24) is 0 Å². The van der Waals surface area contributed by atoms with Crippen LogP contribution in [0.1, 0.15) is 24.0 Å². The predicted molar refractivity (Wildman–Crippen MR) is 68.9 cm³/mol. The minimum atomic E-state index is -0.607. The molecule has 1 aliphatic heterocycles. The molecular weight excluding hydrogens is 282 g/mol. The van der Waals surface area contributed by atoms with E-state index in [4.69, 9.17) is 15.2 Å². The Labute approximate surface area is 109 Å². The summed E-state index contributed by atoms with van der Waals surface area (Å²) in [6.45, 7) is 1.29. The quantitative estimate of drug-likeness (QED) is 0.870. The summed E-state index contributed by atoms with van der Waals surface area (Å²) in [6.07, 6.45) is 2.17. The zero-order valence-corrected chi connectivity index (χ0v) is 11.2. The van der Waals surface area contributed by atoms with Crippen molar-refractivity contribution in [2.75, 3.05) is 18.5 Å². The first-order chi connectivity index (χ1) is 8.19. The molecule has 1 aromatic rings. The van der Waals surface area contributed by atoms with Crippen LogP contribution < -0.4 is 5.73 Å². The Morgan fingerprint density at radius 1 is 1.06 bits per heavy atom. The standard InChI is InChI=1S/C13H16BrNO2/c14-9-13(16-7-8-17-13)11-3-1-10(2-4-11)12(15)5-6-12/h1-4H,5-9,15H2. The molecule has 17 heavy (non-hydrogen) atoms. The van der Waals surface area contributed by atoms with E-state index >= 15 is 0 Å². The molecule has 0 atom stereocenters. The fraction of sp³-hybridized carbons (Fsp3) is 0.538. The van der Waals surface area contributed by atoms with Gasteiger partial charge in [-0.25, -0.2) is 0 Å². The van der Waals surface area contributed by atoms with Gasteiger partial charge in [0.25, 0.3) is 0 Å². The van der Waals surface area contributed by atoms with Crippen LogP contribution in [0.2, 0.25) is 0 Å². The van der Waals surface area contributed by atoms with Crippen molar-refractivity contribution < 1.29 is 9.47 Å². The number of alkyl halides is 1. The Morgan fingerprint density at radius 2 is 1.59 bits per heavy atom. The van der Waals surface area contributed by atoms with Gasteiger partial charge >= 0.3 is 0 Å². The van der Waals surface area contributed by atoms with E-state index in [1.165, 1.54) is 5.56 Å². The summed E-state index contributed by atoms with van der Waals surface area (Å²) in [5, 5.41) is 0.646. The van der Waals surface area contributed by atoms with E-state index in [2.05, 4.69) is 40.2 Å². The summed E-state index contributed by atoms with van der Waals surface area (Å²) in [4.78, 5) is 0. The maximum absolute atomic E-state index is 6.17. The molecule has 2 fully saturated rings. The number of hydrogen-bond donors (Lipinski definition) is 1. The van der Waals surface area contributed by atoms with Crippen molar-refractivity contribution >= 4 is 15.9 Å². The van der Waals surface area contributed by atoms with Crippen molar-refractivity contribution in [3.05, 3.63) is 35.4 Å². The third-order valence-corrected chi connectivity index (χ3v) is 4.36. The number of halogens is 1. The summed E-state index contributed by atoms with van der Waals surface area (Å²) in [7, 11) is 0. The summed E-state index contributed by atoms with van der Waals surface area (Å²) in [5.41, 5.74) is 8.36. The number of rotatable bonds is 3. The lowest BCUT2D eigenvalue weighted by Gasteiger charge is -2.26. The highest BCUT2D eigenvalue weighted by Crippen LogP contribution is 2.43. The van der Waals surface area contributed by atoms with Crippen molar-refractivity contribution in [2.24, 2.45) is 5.73 Å². The van der Waals surface area contributed by atoms with Crippen molar-refractivity contribution in [2.45, 2.75) is 24.2 Å². The Hall–Kier alpha value is -0.420. The molecule has 0 aromatic heterocycles. The summed E-state index contributed by atoms with van der Waals surface area (Å²) in [6, 6.07) is 8.32. The molecule has 0 spiro atoms. The van der Waals surface area contributed by atoms with Gasteiger partial charge in [-0.2, -0.15) is 0 Å². The third-order valence-electron chi connectivity index (χ3n) is 3.62. The van der Waals surface area contributed by atoms with Crippen LogP contribution in [0.3, 0.4) is 0 Å². The first-order valence-corrected chi connectivity index (χ1v) is 7.05. The molecule has 1 heterocycles. The normalized spacial score (nSPS) is 24.8. The van der Waals surface area contributed by atoms with Crippen LogP contribution in [-0.4, -0.2) is 18.5 Å². The molecule has 92 valence electrons. The number of nitrogens with two attached hydrogens (primary N) is 1. The fourth-order valence-corrected chi connectivity index (χ4v) is 2.90. The maximum atomic E-state index is 6.17. The van der Waals surface area contributed by atoms with Gasteiger partial charge < -0.3 is 15.2 Å². The van der Waals surface area contributed by atoms with E-state index in [9.17, 15) is 0 Å². The van der Waals surface area contributed by atoms with E-state index in [-0.39, 0.29) is 5.54 Å². The zero-order valence-electron chi connectivity index (χ0n) is 9.62. The molecule has 1 aliphatic carbocycles. The van der Waals surface area contributed by atoms with Gasteiger partial charge in [0.1, 0.15) is 0 Å². The topological polar surface area (TPSA) is 44.5 Å². The number of ether oxygens (including phenoxy) is 2. The van der Waals surface area contributed by atoms with Gasteiger partial charge in [-0.3, -0.25) is 0 Å². The third kappa shape index (κ3) is 1.93. The molecule has 3 nitrogen and oxygen atoms in total. The van der Waals surface area contributed by atoms with E-state index in [1.54, 1.807) is 0 Å². The fourth-order valence-electron chi connectivity index (χ4n) is 2.26. The van der Waals surface area contributed by atoms with E-state index in [1.807, 2.05) is 0 Å². The van der Waals surface area contributed by atoms with Crippen LogP contribution >= 0.6 is 15.9 Å². The highest BCUT2D eigenvalue weighted by Gasteiger charge is 2.41. The average molecular weight is 298 g/mol. The first kappa shape index (κ1) is 11.7. The molecule has 0 radical (unpaired) electrons. The van der Waals surface area contributed by atoms with Crippen LogP contribution in [0, 0.1) is 0 Å². The molecule has 0 unspecified atom stereocenters. The monoisotopic (exact) mass is 297 g/mol. The first-order valence-electron chi connectivity index (χ1n) is 5.92. The minimum Gasteiger partial charge on any atom is -0.343 e. The van der Waals surface area contributed by atoms with Crippen LogP contribution in [0.5, 0.6) is 0 Å². The van der Waals surface area contributed by atoms with Gasteiger partial charge in [0.2, 0.25) is 5.79 Å². The Bertz CT molecular complexity index is 408. The van der Waals surface area contributed by atoms with Gasteiger partial charge in [0.15, 0.2) is 0 Å².